The first kappa shape index (κ1) is 25.1. The Kier molecular flexibility index (Phi) is 8.52. The number of carboxylic acid groups (broad SMARTS) is 2. The topological polar surface area (TPSA) is 171 Å². The highest BCUT2D eigenvalue weighted by atomic mass is 16.5. The van der Waals surface area contributed by atoms with Gasteiger partial charge in [0.2, 0.25) is 5.91 Å². The molecule has 0 aliphatic carbocycles. The van der Waals surface area contributed by atoms with Gasteiger partial charge in [0.25, 0.3) is 0 Å². The van der Waals surface area contributed by atoms with Crippen LogP contribution in [0.2, 0.25) is 0 Å². The molecule has 2 unspecified atom stereocenters. The molecule has 30 heavy (non-hydrogen) atoms. The van der Waals surface area contributed by atoms with E-state index in [-0.39, 0.29) is 18.0 Å². The van der Waals surface area contributed by atoms with E-state index in [1.165, 1.54) is 0 Å². The zero-order chi connectivity index (χ0) is 23.2. The van der Waals surface area contributed by atoms with Gasteiger partial charge < -0.3 is 35.8 Å². The van der Waals surface area contributed by atoms with Crippen LogP contribution in [0.1, 0.15) is 33.3 Å². The average molecular weight is 424 g/mol. The Morgan fingerprint density at radius 2 is 1.67 bits per heavy atom. The lowest BCUT2D eigenvalue weighted by Crippen LogP contribution is -2.51. The molecule has 1 aromatic carbocycles. The second-order valence-electron chi connectivity index (χ2n) is 7.09. The molecule has 0 fully saturated rings. The lowest BCUT2D eigenvalue weighted by atomic mass is 9.88. The molecule has 166 valence electrons. The Labute approximate surface area is 174 Å². The van der Waals surface area contributed by atoms with Crippen molar-refractivity contribution in [3.63, 3.8) is 0 Å². The number of carboxylic acids is 2. The zero-order valence-corrected chi connectivity index (χ0v) is 17.3. The first-order chi connectivity index (χ1) is 13.9. The van der Waals surface area contributed by atoms with Crippen molar-refractivity contribution in [1.82, 2.24) is 0 Å². The number of carbonyl (C=O) groups excluding carboxylic acids is 1. The van der Waals surface area contributed by atoms with Gasteiger partial charge in [-0.05, 0) is 51.5 Å². The molecular formula is C20H28N2O8. The highest BCUT2D eigenvalue weighted by molar-refractivity contribution is 6.01. The first-order valence-electron chi connectivity index (χ1n) is 9.18. The predicted molar refractivity (Wildman–Crippen MR) is 109 cm³/mol. The molecule has 2 rings (SSSR count). The van der Waals surface area contributed by atoms with Crippen LogP contribution in [0.25, 0.3) is 5.57 Å². The highest BCUT2D eigenvalue weighted by Crippen LogP contribution is 2.40. The smallest absolute Gasteiger partial charge is 0.335 e. The number of rotatable bonds is 6. The van der Waals surface area contributed by atoms with E-state index in [1.54, 1.807) is 4.90 Å². The number of nitrogens with two attached hydrogens (primary N) is 1. The fraction of sp³-hybridized carbons (Fsp3) is 0.450. The van der Waals surface area contributed by atoms with Gasteiger partial charge in [0.05, 0.1) is 24.4 Å². The van der Waals surface area contributed by atoms with E-state index in [0.29, 0.717) is 6.61 Å². The van der Waals surface area contributed by atoms with E-state index in [0.717, 1.165) is 22.6 Å². The number of ether oxygens (including phenoxy) is 1. The van der Waals surface area contributed by atoms with Crippen LogP contribution in [-0.2, 0) is 14.4 Å². The van der Waals surface area contributed by atoms with Crippen molar-refractivity contribution in [3.05, 3.63) is 29.8 Å². The SMILES string of the molecule is CCOc1ccc2c(c1)C(C)=CC(C)(C)N2C(=O)CN.O=C(O)C(O)C(O)C(=O)O. The van der Waals surface area contributed by atoms with E-state index >= 15 is 0 Å². The minimum absolute atomic E-state index is 0.00295. The van der Waals surface area contributed by atoms with E-state index in [4.69, 9.17) is 30.9 Å². The standard InChI is InChI=1S/C16H22N2O2.C4H6O6/c1-5-20-12-6-7-14-13(8-12)11(2)9-16(3,4)18(14)15(19)10-17;5-1(3(7)8)2(6)4(9)10/h6-9H,5,10,17H2,1-4H3;1-2,5-6H,(H,7,8)(H,9,10). The molecular weight excluding hydrogens is 396 g/mol. The predicted octanol–water partition coefficient (Wildman–Crippen LogP) is 0.450. The number of aliphatic carboxylic acids is 2. The number of nitrogens with zero attached hydrogens (tertiary/aromatic N) is 1. The number of aliphatic hydroxyl groups is 2. The highest BCUT2D eigenvalue weighted by Gasteiger charge is 2.35. The third-order valence-electron chi connectivity index (χ3n) is 4.32. The summed E-state index contributed by atoms with van der Waals surface area (Å²) in [4.78, 5) is 33.5. The summed E-state index contributed by atoms with van der Waals surface area (Å²) in [6, 6.07) is 5.82. The van der Waals surface area contributed by atoms with Crippen LogP contribution in [0.15, 0.2) is 24.3 Å². The Hall–Kier alpha value is -2.95. The van der Waals surface area contributed by atoms with Gasteiger partial charge in [0.1, 0.15) is 5.75 Å². The molecule has 0 saturated heterocycles. The van der Waals surface area contributed by atoms with E-state index in [2.05, 4.69) is 13.0 Å². The van der Waals surface area contributed by atoms with Crippen molar-refractivity contribution >= 4 is 29.1 Å². The van der Waals surface area contributed by atoms with Crippen LogP contribution in [0.5, 0.6) is 5.75 Å². The molecule has 2 atom stereocenters. The Morgan fingerprint density at radius 3 is 2.10 bits per heavy atom. The van der Waals surface area contributed by atoms with Gasteiger partial charge in [-0.15, -0.1) is 0 Å². The summed E-state index contributed by atoms with van der Waals surface area (Å²) in [5.74, 6) is -2.80. The van der Waals surface area contributed by atoms with Gasteiger partial charge in [-0.3, -0.25) is 4.79 Å². The minimum atomic E-state index is -2.27. The van der Waals surface area contributed by atoms with Crippen LogP contribution in [0.3, 0.4) is 0 Å². The minimum Gasteiger partial charge on any atom is -0.494 e. The van der Waals surface area contributed by atoms with Gasteiger partial charge in [-0.2, -0.15) is 0 Å². The summed E-state index contributed by atoms with van der Waals surface area (Å²) < 4.78 is 5.54. The quantitative estimate of drug-likeness (QED) is 0.435. The van der Waals surface area contributed by atoms with Crippen LogP contribution in [0, 0.1) is 0 Å². The van der Waals surface area contributed by atoms with Gasteiger partial charge in [-0.25, -0.2) is 9.59 Å². The van der Waals surface area contributed by atoms with Gasteiger partial charge in [0, 0.05) is 5.56 Å². The molecule has 0 radical (unpaired) electrons. The van der Waals surface area contributed by atoms with E-state index in [1.807, 2.05) is 39.0 Å². The summed E-state index contributed by atoms with van der Waals surface area (Å²) in [5.41, 5.74) is 8.25. The molecule has 0 bridgehead atoms. The second kappa shape index (κ2) is 10.2. The average Bonchev–Trinajstić information content (AvgIpc) is 2.66. The molecule has 1 aliphatic rings. The summed E-state index contributed by atoms with van der Waals surface area (Å²) in [7, 11) is 0. The van der Waals surface area contributed by atoms with Crippen molar-refractivity contribution in [2.24, 2.45) is 5.73 Å². The fourth-order valence-electron chi connectivity index (χ4n) is 3.08. The van der Waals surface area contributed by atoms with Crippen LogP contribution >= 0.6 is 0 Å². The molecule has 6 N–H and O–H groups in total. The third kappa shape index (κ3) is 5.78. The van der Waals surface area contributed by atoms with Gasteiger partial charge in [-0.1, -0.05) is 6.08 Å². The first-order valence-corrected chi connectivity index (χ1v) is 9.18. The molecule has 1 heterocycles. The summed E-state index contributed by atoms with van der Waals surface area (Å²) in [6.07, 6.45) is -2.44. The molecule has 0 saturated carbocycles. The summed E-state index contributed by atoms with van der Waals surface area (Å²) in [6.45, 7) is 8.67. The largest absolute Gasteiger partial charge is 0.494 e. The lowest BCUT2D eigenvalue weighted by Gasteiger charge is -2.41. The number of amides is 1. The molecule has 1 aliphatic heterocycles. The summed E-state index contributed by atoms with van der Waals surface area (Å²) >= 11 is 0. The van der Waals surface area contributed by atoms with Crippen LogP contribution in [0.4, 0.5) is 5.69 Å². The molecule has 1 aromatic rings. The monoisotopic (exact) mass is 424 g/mol. The maximum absolute atomic E-state index is 12.2. The van der Waals surface area contributed by atoms with Gasteiger partial charge in [0.15, 0.2) is 12.2 Å². The second-order valence-corrected chi connectivity index (χ2v) is 7.09. The maximum Gasteiger partial charge on any atom is 0.335 e. The number of benzene rings is 1. The number of allylic oxidation sites excluding steroid dienone is 1. The van der Waals surface area contributed by atoms with E-state index in [9.17, 15) is 14.4 Å². The molecule has 0 spiro atoms. The van der Waals surface area contributed by atoms with Crippen molar-refractivity contribution in [2.75, 3.05) is 18.1 Å². The van der Waals surface area contributed by atoms with E-state index < -0.39 is 24.1 Å². The molecule has 1 amide bonds. The summed E-state index contributed by atoms with van der Waals surface area (Å²) in [5, 5.41) is 32.5. The van der Waals surface area contributed by atoms with Crippen molar-refractivity contribution < 1.29 is 39.5 Å². The van der Waals surface area contributed by atoms with Crippen molar-refractivity contribution in [2.45, 2.75) is 45.4 Å². The van der Waals surface area contributed by atoms with Crippen LogP contribution < -0.4 is 15.4 Å². The number of hydrogen-bond donors (Lipinski definition) is 5. The number of anilines is 1. The fourth-order valence-corrected chi connectivity index (χ4v) is 3.08. The number of hydrogen-bond acceptors (Lipinski definition) is 7. The Bertz CT molecular complexity index is 816. The zero-order valence-electron chi connectivity index (χ0n) is 17.3. The van der Waals surface area contributed by atoms with Gasteiger partial charge >= 0.3 is 11.9 Å². The van der Waals surface area contributed by atoms with Crippen molar-refractivity contribution in [3.8, 4) is 5.75 Å². The van der Waals surface area contributed by atoms with Crippen LogP contribution in [-0.4, -0.2) is 69.2 Å². The normalized spacial score (nSPS) is 16.2. The Balaban J connectivity index is 0.000000382. The number of aliphatic hydroxyl groups excluding tert-OH is 2. The Morgan fingerprint density at radius 1 is 1.13 bits per heavy atom. The molecule has 0 aromatic heterocycles. The molecule has 10 heteroatoms. The lowest BCUT2D eigenvalue weighted by molar-refractivity contribution is -0.165. The number of fused-ring (bicyclic) bond motifs is 1. The van der Waals surface area contributed by atoms with Crippen molar-refractivity contribution in [1.29, 1.82) is 0 Å². The molecule has 10 nitrogen and oxygen atoms in total. The number of carbonyl (C=O) groups is 3. The maximum atomic E-state index is 12.2. The third-order valence-corrected chi connectivity index (χ3v) is 4.32.